The lowest BCUT2D eigenvalue weighted by Crippen LogP contribution is -2.47. The Kier molecular flexibility index (Phi) is 3.75. The van der Waals surface area contributed by atoms with Gasteiger partial charge < -0.3 is 14.3 Å². The molecule has 5 heteroatoms. The van der Waals surface area contributed by atoms with Crippen molar-refractivity contribution in [1.29, 1.82) is 0 Å². The Labute approximate surface area is 64.5 Å². The van der Waals surface area contributed by atoms with Gasteiger partial charge in [0.05, 0.1) is 0 Å². The van der Waals surface area contributed by atoms with E-state index in [0.29, 0.717) is 0 Å². The molecule has 0 heterocycles. The summed E-state index contributed by atoms with van der Waals surface area (Å²) in [4.78, 5) is 0. The predicted octanol–water partition coefficient (Wildman–Crippen LogP) is 0.0414. The van der Waals surface area contributed by atoms with Crippen molar-refractivity contribution in [2.45, 2.75) is 32.1 Å². The van der Waals surface area contributed by atoms with Crippen molar-refractivity contribution in [2.75, 3.05) is 0 Å². The molecule has 0 radical (unpaired) electrons. The van der Waals surface area contributed by atoms with Crippen LogP contribution in [0, 0.1) is 0 Å². The van der Waals surface area contributed by atoms with E-state index in [1.165, 1.54) is 0 Å². The van der Waals surface area contributed by atoms with Crippen LogP contribution in [0.3, 0.4) is 0 Å². The van der Waals surface area contributed by atoms with E-state index in [2.05, 4.69) is 0 Å². The van der Waals surface area contributed by atoms with Crippen molar-refractivity contribution in [2.24, 2.45) is 0 Å². The molecule has 0 saturated heterocycles. The molecule has 0 atom stereocenters. The number of rotatable bonds is 3. The summed E-state index contributed by atoms with van der Waals surface area (Å²) >= 11 is 0. The number of hydrogen-bond donors (Lipinski definition) is 2. The minimum Gasteiger partial charge on any atom is -0.455 e. The maximum Gasteiger partial charge on any atom is 0.235 e. The summed E-state index contributed by atoms with van der Waals surface area (Å²) in [6.07, 6.45) is 0. The summed E-state index contributed by atoms with van der Waals surface area (Å²) < 4.78 is 5.48. The van der Waals surface area contributed by atoms with Gasteiger partial charge in [0.25, 0.3) is 0 Å². The van der Waals surface area contributed by atoms with Crippen LogP contribution in [0.1, 0.15) is 0 Å². The lowest BCUT2D eigenvalue weighted by atomic mass is 11.5. The molecule has 62 valence electrons. The van der Waals surface area contributed by atoms with Crippen LogP contribution in [0.2, 0.25) is 26.2 Å². The zero-order valence-electron chi connectivity index (χ0n) is 6.96. The minimum atomic E-state index is -2.17. The number of aliphatic hydroxyl groups excluding tert-OH is 1. The van der Waals surface area contributed by atoms with E-state index in [-0.39, 0.29) is 0 Å². The molecule has 10 heavy (non-hydrogen) atoms. The molecule has 2 N–H and O–H groups in total. The lowest BCUT2D eigenvalue weighted by molar-refractivity contribution is 0.0117. The van der Waals surface area contributed by atoms with Crippen LogP contribution in [0.25, 0.3) is 0 Å². The van der Waals surface area contributed by atoms with Crippen molar-refractivity contribution in [3.8, 4) is 0 Å². The largest absolute Gasteiger partial charge is 0.455 e. The van der Waals surface area contributed by atoms with Gasteiger partial charge in [-0.05, 0) is 26.2 Å². The van der Waals surface area contributed by atoms with Gasteiger partial charge in [0.1, 0.15) is 0 Å². The highest BCUT2D eigenvalue weighted by Gasteiger charge is 2.31. The summed E-state index contributed by atoms with van der Waals surface area (Å²) in [5.74, 6) is -1.25. The fourth-order valence-electron chi connectivity index (χ4n) is 0.668. The molecule has 0 aliphatic heterocycles. The highest BCUT2D eigenvalue weighted by atomic mass is 28.4. The highest BCUT2D eigenvalue weighted by Crippen LogP contribution is 2.09. The maximum atomic E-state index is 8.84. The summed E-state index contributed by atoms with van der Waals surface area (Å²) in [5.41, 5.74) is 0. The first-order chi connectivity index (χ1) is 4.36. The third kappa shape index (κ3) is 3.47. The van der Waals surface area contributed by atoms with Gasteiger partial charge in [-0.2, -0.15) is 0 Å². The summed E-state index contributed by atoms with van der Waals surface area (Å²) in [6.45, 7) is 7.67. The molecule has 0 rings (SSSR count). The zero-order valence-corrected chi connectivity index (χ0v) is 9.11. The van der Waals surface area contributed by atoms with Crippen LogP contribution in [-0.2, 0) is 4.12 Å². The van der Waals surface area contributed by atoms with E-state index in [0.717, 1.165) is 0 Å². The number of aliphatic hydroxyl groups is 2. The SMILES string of the molecule is C[SiH](C)O[Si](C)(C)C(O)O. The van der Waals surface area contributed by atoms with Crippen molar-refractivity contribution >= 4 is 17.4 Å². The highest BCUT2D eigenvalue weighted by molar-refractivity contribution is 6.78. The average molecular weight is 180 g/mol. The maximum absolute atomic E-state index is 8.84. The predicted molar refractivity (Wildman–Crippen MR) is 45.7 cm³/mol. The molecule has 0 fully saturated rings. The van der Waals surface area contributed by atoms with Crippen LogP contribution < -0.4 is 0 Å². The van der Waals surface area contributed by atoms with Crippen LogP contribution in [-0.4, -0.2) is 33.5 Å². The van der Waals surface area contributed by atoms with Crippen LogP contribution in [0.5, 0.6) is 0 Å². The zero-order chi connectivity index (χ0) is 8.36. The third-order valence-corrected chi connectivity index (χ3v) is 6.72. The van der Waals surface area contributed by atoms with Gasteiger partial charge in [-0.1, -0.05) is 0 Å². The van der Waals surface area contributed by atoms with E-state index < -0.39 is 23.3 Å². The van der Waals surface area contributed by atoms with E-state index >= 15 is 0 Å². The lowest BCUT2D eigenvalue weighted by Gasteiger charge is -2.26. The molecule has 0 saturated carbocycles. The van der Waals surface area contributed by atoms with Crippen LogP contribution >= 0.6 is 0 Å². The Morgan fingerprint density at radius 3 is 1.80 bits per heavy atom. The van der Waals surface area contributed by atoms with Gasteiger partial charge in [0.15, 0.2) is 15.0 Å². The first-order valence-corrected chi connectivity index (χ1v) is 9.17. The fraction of sp³-hybridized carbons (Fsp3) is 1.00. The summed E-state index contributed by atoms with van der Waals surface area (Å²) in [5, 5.41) is 17.7. The van der Waals surface area contributed by atoms with E-state index in [1.54, 1.807) is 0 Å². The molecular formula is C5H16O3Si2. The van der Waals surface area contributed by atoms with Gasteiger partial charge >= 0.3 is 0 Å². The molecule has 0 aromatic rings. The van der Waals surface area contributed by atoms with E-state index in [4.69, 9.17) is 14.3 Å². The Bertz CT molecular complexity index is 103. The Hall–Kier alpha value is 0.314. The third-order valence-electron chi connectivity index (χ3n) is 1.16. The smallest absolute Gasteiger partial charge is 0.235 e. The quantitative estimate of drug-likeness (QED) is 0.476. The average Bonchev–Trinajstić information content (AvgIpc) is 1.60. The minimum absolute atomic E-state index is 1.11. The fourth-order valence-corrected chi connectivity index (χ4v) is 6.02. The molecular weight excluding hydrogens is 164 g/mol. The molecule has 0 bridgehead atoms. The second kappa shape index (κ2) is 3.63. The molecule has 0 unspecified atom stereocenters. The molecule has 3 nitrogen and oxygen atoms in total. The van der Waals surface area contributed by atoms with Crippen molar-refractivity contribution in [3.05, 3.63) is 0 Å². The standard InChI is InChI=1S/C5H16O3Si2/c1-9(2)8-10(3,4)5(6)7/h5-7,9H,1-4H3. The molecule has 0 amide bonds. The Morgan fingerprint density at radius 1 is 1.30 bits per heavy atom. The number of hydrogen-bond acceptors (Lipinski definition) is 3. The normalized spacial score (nSPS) is 13.2. The topological polar surface area (TPSA) is 49.7 Å². The first kappa shape index (κ1) is 10.3. The van der Waals surface area contributed by atoms with Gasteiger partial charge in [-0.3, -0.25) is 0 Å². The van der Waals surface area contributed by atoms with Gasteiger partial charge in [0, 0.05) is 0 Å². The molecule has 0 aliphatic carbocycles. The second-order valence-corrected chi connectivity index (χ2v) is 9.91. The summed E-state index contributed by atoms with van der Waals surface area (Å²) in [7, 11) is -3.28. The molecule has 0 spiro atoms. The van der Waals surface area contributed by atoms with Crippen LogP contribution in [0.4, 0.5) is 0 Å². The van der Waals surface area contributed by atoms with Crippen LogP contribution in [0.15, 0.2) is 0 Å². The van der Waals surface area contributed by atoms with Gasteiger partial charge in [-0.25, -0.2) is 0 Å². The van der Waals surface area contributed by atoms with Crippen molar-refractivity contribution < 1.29 is 14.3 Å². The van der Waals surface area contributed by atoms with Gasteiger partial charge in [-0.15, -0.1) is 0 Å². The summed E-state index contributed by atoms with van der Waals surface area (Å²) in [6, 6.07) is 0. The monoisotopic (exact) mass is 180 g/mol. The molecule has 0 aromatic carbocycles. The second-order valence-electron chi connectivity index (χ2n) is 3.14. The molecule has 0 aromatic heterocycles. The molecule has 0 aliphatic rings. The van der Waals surface area contributed by atoms with E-state index in [9.17, 15) is 0 Å². The Morgan fingerprint density at radius 2 is 1.70 bits per heavy atom. The van der Waals surface area contributed by atoms with Crippen molar-refractivity contribution in [3.63, 3.8) is 0 Å². The first-order valence-electron chi connectivity index (χ1n) is 3.40. The Balaban J connectivity index is 3.87. The van der Waals surface area contributed by atoms with Crippen molar-refractivity contribution in [1.82, 2.24) is 0 Å². The van der Waals surface area contributed by atoms with E-state index in [1.807, 2.05) is 26.2 Å². The van der Waals surface area contributed by atoms with Gasteiger partial charge in [0.2, 0.25) is 8.32 Å².